The SMILES string of the molecule is O=C(O)C1COCc2c1n(-c1ccccc1)[nH]c2=O. The molecule has 2 aromatic rings. The van der Waals surface area contributed by atoms with Gasteiger partial charge in [-0.1, -0.05) is 18.2 Å². The molecule has 0 amide bonds. The summed E-state index contributed by atoms with van der Waals surface area (Å²) < 4.78 is 6.73. The fraction of sp³-hybridized carbons (Fsp3) is 0.231. The summed E-state index contributed by atoms with van der Waals surface area (Å²) >= 11 is 0. The number of aromatic nitrogens is 2. The van der Waals surface area contributed by atoms with Crippen LogP contribution < -0.4 is 5.56 Å². The molecule has 98 valence electrons. The summed E-state index contributed by atoms with van der Waals surface area (Å²) in [6.45, 7) is 0.223. The Morgan fingerprint density at radius 2 is 2.11 bits per heavy atom. The van der Waals surface area contributed by atoms with Gasteiger partial charge in [-0.2, -0.15) is 0 Å². The van der Waals surface area contributed by atoms with Crippen molar-refractivity contribution >= 4 is 5.97 Å². The number of benzene rings is 1. The average molecular weight is 260 g/mol. The van der Waals surface area contributed by atoms with Gasteiger partial charge in [-0.05, 0) is 12.1 Å². The Hall–Kier alpha value is -2.34. The number of carboxylic acids is 1. The Balaban J connectivity index is 2.23. The molecule has 0 fully saturated rings. The summed E-state index contributed by atoms with van der Waals surface area (Å²) in [5.41, 5.74) is 1.30. The van der Waals surface area contributed by atoms with Gasteiger partial charge in [0, 0.05) is 0 Å². The molecule has 1 unspecified atom stereocenters. The van der Waals surface area contributed by atoms with E-state index in [1.807, 2.05) is 30.3 Å². The second-order valence-electron chi connectivity index (χ2n) is 4.38. The third kappa shape index (κ3) is 1.86. The number of carbonyl (C=O) groups is 1. The van der Waals surface area contributed by atoms with E-state index in [-0.39, 0.29) is 18.8 Å². The second-order valence-corrected chi connectivity index (χ2v) is 4.38. The maximum atomic E-state index is 11.9. The first-order valence-corrected chi connectivity index (χ1v) is 5.88. The Bertz CT molecular complexity index is 672. The Morgan fingerprint density at radius 3 is 2.79 bits per heavy atom. The first-order chi connectivity index (χ1) is 9.18. The van der Waals surface area contributed by atoms with Gasteiger partial charge >= 0.3 is 5.97 Å². The topological polar surface area (TPSA) is 84.3 Å². The quantitative estimate of drug-likeness (QED) is 0.839. The fourth-order valence-corrected chi connectivity index (χ4v) is 2.31. The Labute approximate surface area is 108 Å². The van der Waals surface area contributed by atoms with Crippen molar-refractivity contribution in [2.75, 3.05) is 6.61 Å². The summed E-state index contributed by atoms with van der Waals surface area (Å²) in [5, 5.41) is 11.9. The first kappa shape index (κ1) is 11.7. The van der Waals surface area contributed by atoms with Crippen molar-refractivity contribution in [3.63, 3.8) is 0 Å². The molecule has 2 heterocycles. The van der Waals surface area contributed by atoms with Crippen LogP contribution in [-0.2, 0) is 16.1 Å². The zero-order valence-corrected chi connectivity index (χ0v) is 10.00. The zero-order chi connectivity index (χ0) is 13.4. The molecule has 6 nitrogen and oxygen atoms in total. The number of hydrogen-bond donors (Lipinski definition) is 2. The van der Waals surface area contributed by atoms with Gasteiger partial charge in [0.2, 0.25) is 0 Å². The third-order valence-electron chi connectivity index (χ3n) is 3.21. The van der Waals surface area contributed by atoms with Gasteiger partial charge in [0.25, 0.3) is 5.56 Å². The minimum Gasteiger partial charge on any atom is -0.481 e. The van der Waals surface area contributed by atoms with E-state index in [1.165, 1.54) is 0 Å². The first-order valence-electron chi connectivity index (χ1n) is 5.88. The lowest BCUT2D eigenvalue weighted by molar-refractivity contribution is -0.141. The van der Waals surface area contributed by atoms with Crippen LogP contribution in [0, 0.1) is 0 Å². The minimum absolute atomic E-state index is 0.0759. The van der Waals surface area contributed by atoms with Gasteiger partial charge in [-0.15, -0.1) is 0 Å². The maximum Gasteiger partial charge on any atom is 0.314 e. The van der Waals surface area contributed by atoms with E-state index >= 15 is 0 Å². The highest BCUT2D eigenvalue weighted by Gasteiger charge is 2.33. The molecule has 1 aliphatic rings. The lowest BCUT2D eigenvalue weighted by Crippen LogP contribution is -2.26. The van der Waals surface area contributed by atoms with Crippen molar-refractivity contribution in [3.8, 4) is 5.69 Å². The van der Waals surface area contributed by atoms with Gasteiger partial charge in [-0.3, -0.25) is 19.4 Å². The predicted molar refractivity (Wildman–Crippen MR) is 66.4 cm³/mol. The van der Waals surface area contributed by atoms with E-state index in [0.717, 1.165) is 5.69 Å². The summed E-state index contributed by atoms with van der Waals surface area (Å²) in [6, 6.07) is 9.13. The molecule has 0 saturated carbocycles. The number of aliphatic carboxylic acids is 1. The number of fused-ring (bicyclic) bond motifs is 1. The molecule has 1 aromatic carbocycles. The Morgan fingerprint density at radius 1 is 1.37 bits per heavy atom. The summed E-state index contributed by atoms with van der Waals surface area (Å²) in [7, 11) is 0. The van der Waals surface area contributed by atoms with E-state index in [1.54, 1.807) is 4.68 Å². The van der Waals surface area contributed by atoms with Crippen molar-refractivity contribution in [2.24, 2.45) is 0 Å². The highest BCUT2D eigenvalue weighted by atomic mass is 16.5. The fourth-order valence-electron chi connectivity index (χ4n) is 2.31. The van der Waals surface area contributed by atoms with E-state index in [2.05, 4.69) is 5.10 Å². The third-order valence-corrected chi connectivity index (χ3v) is 3.21. The van der Waals surface area contributed by atoms with Crippen molar-refractivity contribution in [1.29, 1.82) is 0 Å². The molecule has 0 saturated heterocycles. The highest BCUT2D eigenvalue weighted by Crippen LogP contribution is 2.26. The molecule has 1 atom stereocenters. The number of H-pyrrole nitrogens is 1. The molecule has 1 aromatic heterocycles. The minimum atomic E-state index is -0.996. The van der Waals surface area contributed by atoms with Gasteiger partial charge in [0.05, 0.1) is 30.2 Å². The maximum absolute atomic E-state index is 11.9. The van der Waals surface area contributed by atoms with Crippen molar-refractivity contribution in [1.82, 2.24) is 9.78 Å². The van der Waals surface area contributed by atoms with Crippen molar-refractivity contribution < 1.29 is 14.6 Å². The molecule has 0 radical (unpaired) electrons. The molecule has 19 heavy (non-hydrogen) atoms. The largest absolute Gasteiger partial charge is 0.481 e. The molecular formula is C13H12N2O4. The molecular weight excluding hydrogens is 248 g/mol. The summed E-state index contributed by atoms with van der Waals surface area (Å²) in [5.74, 6) is -1.83. The van der Waals surface area contributed by atoms with Crippen LogP contribution in [0.25, 0.3) is 5.69 Å². The van der Waals surface area contributed by atoms with E-state index in [9.17, 15) is 14.7 Å². The number of para-hydroxylation sites is 1. The van der Waals surface area contributed by atoms with Crippen LogP contribution in [0.4, 0.5) is 0 Å². The number of aromatic amines is 1. The standard InChI is InChI=1S/C13H12N2O4/c16-12-9-6-19-7-10(13(17)18)11(9)15(14-12)8-4-2-1-3-5-8/h1-5,10H,6-7H2,(H,14,16)(H,17,18). The van der Waals surface area contributed by atoms with Gasteiger partial charge in [0.15, 0.2) is 0 Å². The second kappa shape index (κ2) is 4.40. The highest BCUT2D eigenvalue weighted by molar-refractivity contribution is 5.76. The molecule has 6 heteroatoms. The van der Waals surface area contributed by atoms with Gasteiger partial charge in [0.1, 0.15) is 5.92 Å². The van der Waals surface area contributed by atoms with Crippen molar-refractivity contribution in [3.05, 3.63) is 51.9 Å². The van der Waals surface area contributed by atoms with Crippen LogP contribution in [0.15, 0.2) is 35.1 Å². The number of nitrogens with one attached hydrogen (secondary N) is 1. The Kier molecular flexibility index (Phi) is 2.72. The van der Waals surface area contributed by atoms with Gasteiger partial charge < -0.3 is 9.84 Å². The normalized spacial score (nSPS) is 18.0. The number of carboxylic acid groups (broad SMARTS) is 1. The molecule has 2 N–H and O–H groups in total. The smallest absolute Gasteiger partial charge is 0.314 e. The van der Waals surface area contributed by atoms with E-state index < -0.39 is 11.9 Å². The summed E-state index contributed by atoms with van der Waals surface area (Å²) in [6.07, 6.45) is 0. The molecule has 0 aliphatic carbocycles. The van der Waals surface area contributed by atoms with Crippen LogP contribution in [0.1, 0.15) is 17.2 Å². The van der Waals surface area contributed by atoms with Gasteiger partial charge in [-0.25, -0.2) is 0 Å². The average Bonchev–Trinajstić information content (AvgIpc) is 2.77. The molecule has 3 rings (SSSR count). The predicted octanol–water partition coefficient (Wildman–Crippen LogP) is 0.864. The van der Waals surface area contributed by atoms with Crippen LogP contribution in [0.3, 0.4) is 0 Å². The van der Waals surface area contributed by atoms with E-state index in [4.69, 9.17) is 4.74 Å². The number of hydrogen-bond acceptors (Lipinski definition) is 3. The number of nitrogens with zero attached hydrogens (tertiary/aromatic N) is 1. The zero-order valence-electron chi connectivity index (χ0n) is 10.00. The lowest BCUT2D eigenvalue weighted by atomic mass is 10.0. The van der Waals surface area contributed by atoms with Crippen molar-refractivity contribution in [2.45, 2.75) is 12.5 Å². The molecule has 0 bridgehead atoms. The number of ether oxygens (including phenoxy) is 1. The lowest BCUT2D eigenvalue weighted by Gasteiger charge is -2.21. The van der Waals surface area contributed by atoms with Crippen LogP contribution >= 0.6 is 0 Å². The monoisotopic (exact) mass is 260 g/mol. The van der Waals surface area contributed by atoms with Crippen LogP contribution in [0.2, 0.25) is 0 Å². The molecule has 0 spiro atoms. The van der Waals surface area contributed by atoms with Crippen LogP contribution in [-0.4, -0.2) is 27.5 Å². The van der Waals surface area contributed by atoms with E-state index in [0.29, 0.717) is 11.3 Å². The summed E-state index contributed by atoms with van der Waals surface area (Å²) in [4.78, 5) is 23.2. The van der Waals surface area contributed by atoms with Crippen LogP contribution in [0.5, 0.6) is 0 Å². The number of rotatable bonds is 2. The molecule has 1 aliphatic heterocycles.